The van der Waals surface area contributed by atoms with Crippen molar-refractivity contribution in [2.75, 3.05) is 0 Å². The molecule has 0 N–H and O–H groups in total. The van der Waals surface area contributed by atoms with Gasteiger partial charge in [0.25, 0.3) is 0 Å². The van der Waals surface area contributed by atoms with E-state index in [0.717, 1.165) is 24.4 Å². The van der Waals surface area contributed by atoms with Crippen LogP contribution in [0.25, 0.3) is 10.8 Å². The summed E-state index contributed by atoms with van der Waals surface area (Å²) in [7, 11) is -5.76. The highest BCUT2D eigenvalue weighted by Crippen LogP contribution is 2.27. The van der Waals surface area contributed by atoms with Crippen molar-refractivity contribution in [3.63, 3.8) is 0 Å². The van der Waals surface area contributed by atoms with E-state index in [1.807, 2.05) is 0 Å². The van der Waals surface area contributed by atoms with Crippen LogP contribution < -0.4 is 4.18 Å². The number of nitrogens with zero attached hydrogens (tertiary/aromatic N) is 1. The van der Waals surface area contributed by atoms with Crippen LogP contribution in [-0.2, 0) is 10.1 Å². The summed E-state index contributed by atoms with van der Waals surface area (Å²) < 4.78 is 74.5. The van der Waals surface area contributed by atoms with Gasteiger partial charge in [-0.1, -0.05) is 6.07 Å². The maximum Gasteiger partial charge on any atom is 0.534 e. The highest BCUT2D eigenvalue weighted by molar-refractivity contribution is 7.87. The van der Waals surface area contributed by atoms with Crippen molar-refractivity contribution >= 4 is 20.9 Å². The van der Waals surface area contributed by atoms with Crippen LogP contribution in [0.3, 0.4) is 0 Å². The number of pyridine rings is 1. The lowest BCUT2D eigenvalue weighted by atomic mass is 10.2. The molecular formula is C10H5F4NO3S. The first kappa shape index (κ1) is 13.5. The highest BCUT2D eigenvalue weighted by Gasteiger charge is 2.48. The topological polar surface area (TPSA) is 56.3 Å². The van der Waals surface area contributed by atoms with Crippen molar-refractivity contribution in [3.05, 3.63) is 36.3 Å². The van der Waals surface area contributed by atoms with E-state index >= 15 is 0 Å². The molecule has 0 aliphatic carbocycles. The molecule has 1 aromatic heterocycles. The second kappa shape index (κ2) is 4.34. The Hall–Kier alpha value is -1.90. The molecule has 0 aliphatic heterocycles. The molecule has 0 fully saturated rings. The minimum atomic E-state index is -5.76. The molecule has 2 rings (SSSR count). The third-order valence-corrected chi connectivity index (χ3v) is 3.09. The predicted molar refractivity (Wildman–Crippen MR) is 57.3 cm³/mol. The minimum Gasteiger partial charge on any atom is -0.355 e. The zero-order valence-corrected chi connectivity index (χ0v) is 9.80. The number of hydrogen-bond donors (Lipinski definition) is 0. The first-order valence-electron chi connectivity index (χ1n) is 4.75. The SMILES string of the molecule is O=S(=O)(Oc1cc2ccc(F)cc2cn1)C(F)(F)F. The van der Waals surface area contributed by atoms with Crippen LogP contribution in [0.2, 0.25) is 0 Å². The summed E-state index contributed by atoms with van der Waals surface area (Å²) >= 11 is 0. The zero-order chi connectivity index (χ0) is 14.3. The molecule has 0 spiro atoms. The van der Waals surface area contributed by atoms with Gasteiger partial charge in [-0.2, -0.15) is 21.6 Å². The monoisotopic (exact) mass is 295 g/mol. The summed E-state index contributed by atoms with van der Waals surface area (Å²) in [5.74, 6) is -1.29. The molecule has 0 saturated heterocycles. The maximum absolute atomic E-state index is 12.9. The number of aromatic nitrogens is 1. The number of halogens is 4. The van der Waals surface area contributed by atoms with Crippen molar-refractivity contribution in [1.82, 2.24) is 4.98 Å². The number of fused-ring (bicyclic) bond motifs is 1. The van der Waals surface area contributed by atoms with Crippen LogP contribution in [0.1, 0.15) is 0 Å². The molecule has 0 radical (unpaired) electrons. The Balaban J connectivity index is 2.40. The largest absolute Gasteiger partial charge is 0.534 e. The van der Waals surface area contributed by atoms with E-state index in [4.69, 9.17) is 0 Å². The lowest BCUT2D eigenvalue weighted by Gasteiger charge is -2.08. The molecule has 2 aromatic rings. The summed E-state index contributed by atoms with van der Waals surface area (Å²) in [6, 6.07) is 4.41. The normalized spacial score (nSPS) is 12.6. The zero-order valence-electron chi connectivity index (χ0n) is 8.98. The lowest BCUT2D eigenvalue weighted by molar-refractivity contribution is -0.0501. The van der Waals surface area contributed by atoms with Gasteiger partial charge in [0.15, 0.2) is 0 Å². The van der Waals surface area contributed by atoms with Crippen molar-refractivity contribution in [3.8, 4) is 5.88 Å². The predicted octanol–water partition coefficient (Wildman–Crippen LogP) is 2.60. The Kier molecular flexibility index (Phi) is 3.09. The molecule has 0 unspecified atom stereocenters. The van der Waals surface area contributed by atoms with E-state index in [-0.39, 0.29) is 0 Å². The molecule has 1 heterocycles. The van der Waals surface area contributed by atoms with Crippen LogP contribution in [0.4, 0.5) is 17.6 Å². The standard InChI is InChI=1S/C10H5F4NO3S/c11-8-2-1-6-4-9(15-5-7(6)3-8)18-19(16,17)10(12,13)14/h1-5H. The number of benzene rings is 1. The van der Waals surface area contributed by atoms with E-state index in [9.17, 15) is 26.0 Å². The van der Waals surface area contributed by atoms with Gasteiger partial charge in [-0.05, 0) is 17.5 Å². The van der Waals surface area contributed by atoms with Crippen LogP contribution in [0.5, 0.6) is 5.88 Å². The molecule has 4 nitrogen and oxygen atoms in total. The molecule has 0 bridgehead atoms. The van der Waals surface area contributed by atoms with E-state index in [1.54, 1.807) is 0 Å². The summed E-state index contributed by atoms with van der Waals surface area (Å²) in [5.41, 5.74) is -5.54. The van der Waals surface area contributed by atoms with Gasteiger partial charge in [0, 0.05) is 17.6 Å². The molecule has 0 aliphatic rings. The second-order valence-corrected chi connectivity index (χ2v) is 5.04. The first-order chi connectivity index (χ1) is 8.69. The molecule has 102 valence electrons. The maximum atomic E-state index is 12.9. The Morgan fingerprint density at radius 2 is 1.79 bits per heavy atom. The average Bonchev–Trinajstić information content (AvgIpc) is 2.27. The van der Waals surface area contributed by atoms with Crippen molar-refractivity contribution in [1.29, 1.82) is 0 Å². The van der Waals surface area contributed by atoms with Gasteiger partial charge in [0.1, 0.15) is 5.82 Å². The average molecular weight is 295 g/mol. The number of rotatable bonds is 2. The van der Waals surface area contributed by atoms with E-state index in [0.29, 0.717) is 10.8 Å². The Morgan fingerprint density at radius 3 is 2.42 bits per heavy atom. The van der Waals surface area contributed by atoms with E-state index in [2.05, 4.69) is 9.17 Å². The van der Waals surface area contributed by atoms with Crippen molar-refractivity contribution in [2.24, 2.45) is 0 Å². The van der Waals surface area contributed by atoms with Gasteiger partial charge >= 0.3 is 15.6 Å². The number of alkyl halides is 3. The first-order valence-corrected chi connectivity index (χ1v) is 6.16. The van der Waals surface area contributed by atoms with Crippen molar-refractivity contribution < 1.29 is 30.2 Å². The molecule has 1 aromatic carbocycles. The summed E-state index contributed by atoms with van der Waals surface area (Å²) in [5, 5.41) is 0.598. The summed E-state index contributed by atoms with van der Waals surface area (Å²) in [6.45, 7) is 0. The molecule has 19 heavy (non-hydrogen) atoms. The van der Waals surface area contributed by atoms with E-state index < -0.39 is 27.3 Å². The van der Waals surface area contributed by atoms with Crippen LogP contribution in [0, 0.1) is 5.82 Å². The van der Waals surface area contributed by atoms with Gasteiger partial charge in [0.05, 0.1) is 0 Å². The molecule has 0 amide bonds. The minimum absolute atomic E-state index is 0.295. The Morgan fingerprint density at radius 1 is 1.11 bits per heavy atom. The third-order valence-electron chi connectivity index (χ3n) is 2.14. The van der Waals surface area contributed by atoms with Gasteiger partial charge in [0.2, 0.25) is 5.88 Å². The van der Waals surface area contributed by atoms with Gasteiger partial charge in [-0.15, -0.1) is 0 Å². The number of hydrogen-bond acceptors (Lipinski definition) is 4. The Labute approximate surface area is 104 Å². The quantitative estimate of drug-likeness (QED) is 0.485. The van der Waals surface area contributed by atoms with Crippen molar-refractivity contribution in [2.45, 2.75) is 5.51 Å². The smallest absolute Gasteiger partial charge is 0.355 e. The van der Waals surface area contributed by atoms with Gasteiger partial charge in [-0.25, -0.2) is 9.37 Å². The van der Waals surface area contributed by atoms with E-state index in [1.165, 1.54) is 6.07 Å². The van der Waals surface area contributed by atoms with Gasteiger partial charge < -0.3 is 4.18 Å². The fourth-order valence-electron chi connectivity index (χ4n) is 1.30. The molecule has 0 atom stereocenters. The molecular weight excluding hydrogens is 290 g/mol. The van der Waals surface area contributed by atoms with Crippen LogP contribution in [-0.4, -0.2) is 18.9 Å². The molecule has 9 heteroatoms. The summed E-state index contributed by atoms with van der Waals surface area (Å²) in [6.07, 6.45) is 1.01. The Bertz CT molecular complexity index is 727. The van der Waals surface area contributed by atoms with Crippen LogP contribution in [0.15, 0.2) is 30.5 Å². The second-order valence-electron chi connectivity index (χ2n) is 3.50. The third kappa shape index (κ3) is 2.75. The fraction of sp³-hybridized carbons (Fsp3) is 0.100. The lowest BCUT2D eigenvalue weighted by Crippen LogP contribution is -2.28. The molecule has 0 saturated carbocycles. The summed E-state index contributed by atoms with van der Waals surface area (Å²) in [4.78, 5) is 3.38. The van der Waals surface area contributed by atoms with Gasteiger partial charge in [-0.3, -0.25) is 0 Å². The highest BCUT2D eigenvalue weighted by atomic mass is 32.2. The van der Waals surface area contributed by atoms with Crippen LogP contribution >= 0.6 is 0 Å². The fourth-order valence-corrected chi connectivity index (χ4v) is 1.71.